The predicted octanol–water partition coefficient (Wildman–Crippen LogP) is 2.93. The van der Waals surface area contributed by atoms with Gasteiger partial charge in [-0.05, 0) is 42.7 Å². The third-order valence-electron chi connectivity index (χ3n) is 6.12. The number of carbonyl (C=O) groups excluding carboxylic acids is 1. The molecule has 1 aromatic heterocycles. The lowest BCUT2D eigenvalue weighted by Crippen LogP contribution is -2.42. The molecule has 26 heavy (non-hydrogen) atoms. The highest BCUT2D eigenvalue weighted by Gasteiger charge is 2.55. The fourth-order valence-electron chi connectivity index (χ4n) is 4.69. The number of para-hydroxylation sites is 1. The zero-order valence-electron chi connectivity index (χ0n) is 14.9. The number of aromatic nitrogens is 1. The van der Waals surface area contributed by atoms with Crippen LogP contribution >= 0.6 is 0 Å². The summed E-state index contributed by atoms with van der Waals surface area (Å²) in [5, 5.41) is 13.8. The van der Waals surface area contributed by atoms with Gasteiger partial charge in [-0.3, -0.25) is 4.79 Å². The smallest absolute Gasteiger partial charge is 0.317 e. The molecule has 0 radical (unpaired) electrons. The first-order valence-corrected chi connectivity index (χ1v) is 9.40. The van der Waals surface area contributed by atoms with Crippen molar-refractivity contribution in [3.05, 3.63) is 36.5 Å². The van der Waals surface area contributed by atoms with E-state index in [0.29, 0.717) is 26.1 Å². The fraction of sp³-hybridized carbons (Fsp3) is 0.500. The largest absolute Gasteiger partial charge is 0.481 e. The summed E-state index contributed by atoms with van der Waals surface area (Å²) in [6, 6.07) is 10.2. The topological polar surface area (TPSA) is 74.6 Å². The van der Waals surface area contributed by atoms with Gasteiger partial charge in [-0.1, -0.05) is 24.6 Å². The normalized spacial score (nSPS) is 24.8. The van der Waals surface area contributed by atoms with Gasteiger partial charge in [0, 0.05) is 37.9 Å². The summed E-state index contributed by atoms with van der Waals surface area (Å²) in [7, 11) is 0. The fourth-order valence-corrected chi connectivity index (χ4v) is 4.69. The Balaban J connectivity index is 1.28. The highest BCUT2D eigenvalue weighted by Crippen LogP contribution is 2.48. The number of benzene rings is 1. The summed E-state index contributed by atoms with van der Waals surface area (Å²) < 4.78 is 2.20. The van der Waals surface area contributed by atoms with E-state index in [-0.39, 0.29) is 11.9 Å². The Bertz CT molecular complexity index is 831. The molecule has 1 saturated carbocycles. The molecule has 6 nitrogen and oxygen atoms in total. The summed E-state index contributed by atoms with van der Waals surface area (Å²) >= 11 is 0. The average molecular weight is 355 g/mol. The predicted molar refractivity (Wildman–Crippen MR) is 98.9 cm³/mol. The van der Waals surface area contributed by atoms with Crippen LogP contribution in [0.25, 0.3) is 10.9 Å². The molecule has 1 aromatic carbocycles. The third kappa shape index (κ3) is 2.83. The molecule has 2 aromatic rings. The molecule has 2 amide bonds. The maximum Gasteiger partial charge on any atom is 0.317 e. The zero-order chi connectivity index (χ0) is 18.1. The van der Waals surface area contributed by atoms with E-state index in [1.807, 2.05) is 12.1 Å². The van der Waals surface area contributed by atoms with Gasteiger partial charge in [0.1, 0.15) is 0 Å². The number of aryl methyl sites for hydroxylation is 1. The van der Waals surface area contributed by atoms with Crippen LogP contribution < -0.4 is 5.32 Å². The van der Waals surface area contributed by atoms with E-state index in [2.05, 4.69) is 34.3 Å². The van der Waals surface area contributed by atoms with Crippen LogP contribution in [0.4, 0.5) is 4.79 Å². The maximum atomic E-state index is 12.4. The van der Waals surface area contributed by atoms with Gasteiger partial charge in [0.2, 0.25) is 0 Å². The number of carboxylic acids is 1. The lowest BCUT2D eigenvalue weighted by atomic mass is 9.81. The summed E-state index contributed by atoms with van der Waals surface area (Å²) in [6.45, 7) is 2.35. The summed E-state index contributed by atoms with van der Waals surface area (Å²) in [4.78, 5) is 25.8. The quantitative estimate of drug-likeness (QED) is 0.810. The van der Waals surface area contributed by atoms with Gasteiger partial charge in [-0.2, -0.15) is 0 Å². The number of rotatable bonds is 5. The number of aliphatic carboxylic acids is 1. The Kier molecular flexibility index (Phi) is 4.34. The Hall–Kier alpha value is -2.50. The first kappa shape index (κ1) is 16.9. The summed E-state index contributed by atoms with van der Waals surface area (Å²) in [5.74, 6) is -0.633. The first-order valence-electron chi connectivity index (χ1n) is 9.40. The van der Waals surface area contributed by atoms with Crippen LogP contribution in [0.3, 0.4) is 0 Å². The molecule has 6 heteroatoms. The standard InChI is InChI=1S/C20H25N3O3/c24-18(25)20-9-3-6-16(20)13-23(14-20)19(26)21-10-4-11-22-12-8-15-5-1-2-7-17(15)22/h1-2,5,7-8,12,16H,3-4,6,9-11,13-14H2,(H,21,26)(H,24,25)/t16-,20+/m0/s1. The highest BCUT2D eigenvalue weighted by atomic mass is 16.4. The van der Waals surface area contributed by atoms with E-state index in [1.54, 1.807) is 4.90 Å². The van der Waals surface area contributed by atoms with Gasteiger partial charge in [0.25, 0.3) is 0 Å². The van der Waals surface area contributed by atoms with Gasteiger partial charge in [-0.25, -0.2) is 4.79 Å². The van der Waals surface area contributed by atoms with Crippen molar-refractivity contribution in [2.45, 2.75) is 32.2 Å². The lowest BCUT2D eigenvalue weighted by molar-refractivity contribution is -0.149. The summed E-state index contributed by atoms with van der Waals surface area (Å²) in [5.41, 5.74) is 0.496. The second kappa shape index (κ2) is 6.67. The molecule has 2 aliphatic rings. The number of hydrogen-bond acceptors (Lipinski definition) is 2. The van der Waals surface area contributed by atoms with Gasteiger partial charge >= 0.3 is 12.0 Å². The molecule has 1 saturated heterocycles. The first-order chi connectivity index (χ1) is 12.6. The second-order valence-electron chi connectivity index (χ2n) is 7.58. The number of nitrogens with zero attached hydrogens (tertiary/aromatic N) is 2. The zero-order valence-corrected chi connectivity index (χ0v) is 14.9. The SMILES string of the molecule is O=C(NCCCn1ccc2ccccc21)N1C[C@@H]2CCC[C@@]2(C(=O)O)C1. The van der Waals surface area contributed by atoms with Crippen molar-refractivity contribution in [1.29, 1.82) is 0 Å². The van der Waals surface area contributed by atoms with E-state index >= 15 is 0 Å². The van der Waals surface area contributed by atoms with E-state index in [0.717, 1.165) is 25.8 Å². The number of urea groups is 1. The number of carbonyl (C=O) groups is 2. The summed E-state index contributed by atoms with van der Waals surface area (Å²) in [6.07, 6.45) is 5.47. The van der Waals surface area contributed by atoms with Gasteiger partial charge < -0.3 is 19.9 Å². The van der Waals surface area contributed by atoms with Crippen molar-refractivity contribution in [3.8, 4) is 0 Å². The molecular formula is C20H25N3O3. The highest BCUT2D eigenvalue weighted by molar-refractivity contribution is 5.81. The van der Waals surface area contributed by atoms with Crippen LogP contribution in [0.2, 0.25) is 0 Å². The van der Waals surface area contributed by atoms with Crippen molar-refractivity contribution in [3.63, 3.8) is 0 Å². The van der Waals surface area contributed by atoms with Crippen LogP contribution in [0, 0.1) is 11.3 Å². The molecule has 138 valence electrons. The van der Waals surface area contributed by atoms with Crippen LogP contribution in [0.1, 0.15) is 25.7 Å². The minimum atomic E-state index is -0.741. The number of amides is 2. The van der Waals surface area contributed by atoms with Gasteiger partial charge in [0.05, 0.1) is 5.41 Å². The van der Waals surface area contributed by atoms with Crippen LogP contribution in [0.5, 0.6) is 0 Å². The molecule has 0 bridgehead atoms. The number of fused-ring (bicyclic) bond motifs is 2. The van der Waals surface area contributed by atoms with Crippen molar-refractivity contribution in [2.75, 3.05) is 19.6 Å². The molecule has 0 spiro atoms. The minimum Gasteiger partial charge on any atom is -0.481 e. The molecule has 1 aliphatic heterocycles. The van der Waals surface area contributed by atoms with Crippen molar-refractivity contribution in [2.24, 2.45) is 11.3 Å². The molecule has 0 unspecified atom stereocenters. The monoisotopic (exact) mass is 355 g/mol. The molecule has 4 rings (SSSR count). The Morgan fingerprint density at radius 1 is 1.27 bits per heavy atom. The molecule has 2 N–H and O–H groups in total. The number of likely N-dealkylation sites (tertiary alicyclic amines) is 1. The Labute approximate surface area is 152 Å². The van der Waals surface area contributed by atoms with Crippen molar-refractivity contribution < 1.29 is 14.7 Å². The minimum absolute atomic E-state index is 0.108. The molecule has 1 aliphatic carbocycles. The average Bonchev–Trinajstić information content (AvgIpc) is 3.31. The number of hydrogen-bond donors (Lipinski definition) is 2. The molecule has 2 fully saturated rings. The molecule has 2 atom stereocenters. The van der Waals surface area contributed by atoms with Crippen molar-refractivity contribution in [1.82, 2.24) is 14.8 Å². The van der Waals surface area contributed by atoms with Crippen LogP contribution in [-0.2, 0) is 11.3 Å². The van der Waals surface area contributed by atoms with E-state index < -0.39 is 11.4 Å². The van der Waals surface area contributed by atoms with E-state index in [4.69, 9.17) is 0 Å². The molecular weight excluding hydrogens is 330 g/mol. The Morgan fingerprint density at radius 2 is 2.12 bits per heavy atom. The van der Waals surface area contributed by atoms with Gasteiger partial charge in [-0.15, -0.1) is 0 Å². The maximum absolute atomic E-state index is 12.4. The number of carboxylic acid groups (broad SMARTS) is 1. The van der Waals surface area contributed by atoms with Crippen LogP contribution in [-0.4, -0.2) is 46.2 Å². The van der Waals surface area contributed by atoms with Gasteiger partial charge in [0.15, 0.2) is 0 Å². The second-order valence-corrected chi connectivity index (χ2v) is 7.58. The molecule has 2 heterocycles. The van der Waals surface area contributed by atoms with E-state index in [1.165, 1.54) is 10.9 Å². The lowest BCUT2D eigenvalue weighted by Gasteiger charge is -2.23. The Morgan fingerprint density at radius 3 is 2.92 bits per heavy atom. The van der Waals surface area contributed by atoms with E-state index in [9.17, 15) is 14.7 Å². The number of nitrogens with one attached hydrogen (secondary N) is 1. The van der Waals surface area contributed by atoms with Crippen LogP contribution in [0.15, 0.2) is 36.5 Å². The van der Waals surface area contributed by atoms with Crippen molar-refractivity contribution >= 4 is 22.9 Å². The third-order valence-corrected chi connectivity index (χ3v) is 6.12.